The molecule has 2 heterocycles. The van der Waals surface area contributed by atoms with Crippen LogP contribution in [0.1, 0.15) is 26.3 Å². The van der Waals surface area contributed by atoms with E-state index in [4.69, 9.17) is 10.00 Å². The van der Waals surface area contributed by atoms with E-state index >= 15 is 0 Å². The number of ether oxygens (including phenoxy) is 1. The Morgan fingerprint density at radius 1 is 1.44 bits per heavy atom. The Labute approximate surface area is 154 Å². The highest BCUT2D eigenvalue weighted by atomic mass is 16.6. The van der Waals surface area contributed by atoms with Gasteiger partial charge in [0.25, 0.3) is 0 Å². The average Bonchev–Trinajstić information content (AvgIpc) is 2.59. The molecule has 1 aliphatic heterocycles. The lowest BCUT2D eigenvalue weighted by molar-refractivity contribution is -0.384. The Bertz CT molecular complexity index is 812. The summed E-state index contributed by atoms with van der Waals surface area (Å²) in [5.74, 6) is -1.42. The second kappa shape index (κ2) is 7.45. The van der Waals surface area contributed by atoms with Gasteiger partial charge in [0.1, 0.15) is 17.7 Å². The molecule has 27 heavy (non-hydrogen) atoms. The predicted octanol–water partition coefficient (Wildman–Crippen LogP) is 1.37. The van der Waals surface area contributed by atoms with E-state index in [0.29, 0.717) is 0 Å². The van der Waals surface area contributed by atoms with Crippen molar-refractivity contribution in [3.8, 4) is 6.07 Å². The summed E-state index contributed by atoms with van der Waals surface area (Å²) in [4.78, 5) is 41.0. The first-order chi connectivity index (χ1) is 12.5. The first kappa shape index (κ1) is 19.9. The van der Waals surface area contributed by atoms with E-state index in [9.17, 15) is 24.8 Å². The van der Waals surface area contributed by atoms with Crippen LogP contribution in [-0.2, 0) is 9.53 Å². The summed E-state index contributed by atoms with van der Waals surface area (Å²) < 4.78 is 5.25. The number of nitro groups is 1. The summed E-state index contributed by atoms with van der Waals surface area (Å²) in [6, 6.07) is 1.56. The molecule has 1 aliphatic rings. The highest BCUT2D eigenvalue weighted by Crippen LogP contribution is 2.30. The van der Waals surface area contributed by atoms with Gasteiger partial charge in [0.05, 0.1) is 17.0 Å². The lowest BCUT2D eigenvalue weighted by atomic mass is 10.1. The molecule has 1 atom stereocenters. The van der Waals surface area contributed by atoms with Gasteiger partial charge in [-0.3, -0.25) is 10.1 Å². The number of anilines is 1. The third kappa shape index (κ3) is 4.60. The zero-order valence-corrected chi connectivity index (χ0v) is 15.1. The monoisotopic (exact) mass is 377 g/mol. The number of hydrogen-bond acceptors (Lipinski definition) is 8. The van der Waals surface area contributed by atoms with Gasteiger partial charge in [0, 0.05) is 25.4 Å². The molecule has 0 unspecified atom stereocenters. The third-order valence-electron chi connectivity index (χ3n) is 3.76. The van der Waals surface area contributed by atoms with E-state index in [2.05, 4.69) is 4.98 Å². The minimum atomic E-state index is -1.26. The van der Waals surface area contributed by atoms with Crippen LogP contribution in [0.25, 0.3) is 0 Å². The number of nitrogens with zero attached hydrogens (tertiary/aromatic N) is 5. The zero-order valence-electron chi connectivity index (χ0n) is 15.1. The van der Waals surface area contributed by atoms with Crippen molar-refractivity contribution in [2.45, 2.75) is 32.4 Å². The number of nitriles is 1. The highest BCUT2D eigenvalue weighted by Gasteiger charge is 2.39. The van der Waals surface area contributed by atoms with Crippen LogP contribution in [0, 0.1) is 21.4 Å². The number of aliphatic carboxylic acids is 1. The van der Waals surface area contributed by atoms with Crippen LogP contribution in [0.3, 0.4) is 0 Å². The molecular weight excluding hydrogens is 358 g/mol. The third-order valence-corrected chi connectivity index (χ3v) is 3.76. The molecule has 0 saturated carbocycles. The van der Waals surface area contributed by atoms with Gasteiger partial charge in [-0.1, -0.05) is 0 Å². The Morgan fingerprint density at radius 3 is 2.63 bits per heavy atom. The fraction of sp³-hybridized carbons (Fsp3) is 0.500. The van der Waals surface area contributed by atoms with Gasteiger partial charge in [-0.2, -0.15) is 5.26 Å². The second-order valence-corrected chi connectivity index (χ2v) is 6.91. The first-order valence-corrected chi connectivity index (χ1v) is 8.05. The van der Waals surface area contributed by atoms with Crippen LogP contribution in [0.4, 0.5) is 16.3 Å². The lowest BCUT2D eigenvalue weighted by Gasteiger charge is -2.39. The van der Waals surface area contributed by atoms with E-state index < -0.39 is 34.3 Å². The van der Waals surface area contributed by atoms with Crippen LogP contribution >= 0.6 is 0 Å². The standard InChI is InChI=1S/C16H19N5O6/c1-16(2,3)27-15(24)19-4-5-20(12(9-19)14(22)23)13-11(21(25)26)6-10(7-17)8-18-13/h6,8,12H,4-5,9H2,1-3H3,(H,22,23)/t12-/m0/s1. The average molecular weight is 377 g/mol. The van der Waals surface area contributed by atoms with Gasteiger partial charge < -0.3 is 19.6 Å². The van der Waals surface area contributed by atoms with Crippen LogP contribution in [0.15, 0.2) is 12.3 Å². The highest BCUT2D eigenvalue weighted by molar-refractivity contribution is 5.81. The van der Waals surface area contributed by atoms with Gasteiger partial charge in [-0.25, -0.2) is 14.6 Å². The number of carboxylic acid groups (broad SMARTS) is 1. The number of amides is 1. The number of carbonyl (C=O) groups excluding carboxylic acids is 1. The maximum atomic E-state index is 12.2. The molecule has 0 radical (unpaired) electrons. The molecule has 2 rings (SSSR count). The SMILES string of the molecule is CC(C)(C)OC(=O)N1CCN(c2ncc(C#N)cc2[N+](=O)[O-])[C@H](C(=O)O)C1. The summed E-state index contributed by atoms with van der Waals surface area (Å²) in [5, 5.41) is 29.8. The van der Waals surface area contributed by atoms with Crippen molar-refractivity contribution in [3.05, 3.63) is 27.9 Å². The number of carbonyl (C=O) groups is 2. The maximum absolute atomic E-state index is 12.2. The summed E-state index contributed by atoms with van der Waals surface area (Å²) >= 11 is 0. The molecule has 0 bridgehead atoms. The van der Waals surface area contributed by atoms with Gasteiger partial charge in [0.15, 0.2) is 0 Å². The molecule has 1 N–H and O–H groups in total. The van der Waals surface area contributed by atoms with Crippen LogP contribution in [-0.4, -0.2) is 63.3 Å². The smallest absolute Gasteiger partial charge is 0.410 e. The van der Waals surface area contributed by atoms with Crippen molar-refractivity contribution in [2.75, 3.05) is 24.5 Å². The van der Waals surface area contributed by atoms with Crippen LogP contribution in [0.5, 0.6) is 0 Å². The Kier molecular flexibility index (Phi) is 5.49. The zero-order chi connectivity index (χ0) is 20.4. The molecule has 0 spiro atoms. The summed E-state index contributed by atoms with van der Waals surface area (Å²) in [7, 11) is 0. The van der Waals surface area contributed by atoms with Gasteiger partial charge >= 0.3 is 17.7 Å². The second-order valence-electron chi connectivity index (χ2n) is 6.91. The van der Waals surface area contributed by atoms with Gasteiger partial charge in [-0.05, 0) is 20.8 Å². The normalized spacial score (nSPS) is 17.2. The molecular formula is C16H19N5O6. The number of carboxylic acids is 1. The minimum Gasteiger partial charge on any atom is -0.480 e. The fourth-order valence-corrected chi connectivity index (χ4v) is 2.60. The molecule has 1 aromatic rings. The van der Waals surface area contributed by atoms with Gasteiger partial charge in [-0.15, -0.1) is 0 Å². The molecule has 0 aromatic carbocycles. The van der Waals surface area contributed by atoms with E-state index in [1.54, 1.807) is 26.8 Å². The van der Waals surface area contributed by atoms with Crippen molar-refractivity contribution in [1.82, 2.24) is 9.88 Å². The van der Waals surface area contributed by atoms with E-state index in [0.717, 1.165) is 12.3 Å². The van der Waals surface area contributed by atoms with Crippen molar-refractivity contribution < 1.29 is 24.4 Å². The van der Waals surface area contributed by atoms with Gasteiger partial charge in [0.2, 0.25) is 5.82 Å². The first-order valence-electron chi connectivity index (χ1n) is 8.05. The van der Waals surface area contributed by atoms with Crippen molar-refractivity contribution in [1.29, 1.82) is 5.26 Å². The molecule has 1 saturated heterocycles. The molecule has 0 aliphatic carbocycles. The number of rotatable bonds is 3. The van der Waals surface area contributed by atoms with E-state index in [-0.39, 0.29) is 31.0 Å². The number of hydrogen-bond donors (Lipinski definition) is 1. The Balaban J connectivity index is 2.32. The fourth-order valence-electron chi connectivity index (χ4n) is 2.60. The molecule has 11 heteroatoms. The van der Waals surface area contributed by atoms with E-state index in [1.165, 1.54) is 9.80 Å². The topological polar surface area (TPSA) is 150 Å². The molecule has 11 nitrogen and oxygen atoms in total. The summed E-state index contributed by atoms with van der Waals surface area (Å²) in [6.45, 7) is 4.98. The number of pyridine rings is 1. The van der Waals surface area contributed by atoms with Crippen molar-refractivity contribution in [3.63, 3.8) is 0 Å². The molecule has 1 fully saturated rings. The molecule has 1 aromatic heterocycles. The lowest BCUT2D eigenvalue weighted by Crippen LogP contribution is -2.58. The van der Waals surface area contributed by atoms with Crippen molar-refractivity contribution >= 4 is 23.6 Å². The van der Waals surface area contributed by atoms with E-state index in [1.807, 2.05) is 0 Å². The van der Waals surface area contributed by atoms with Crippen LogP contribution in [0.2, 0.25) is 0 Å². The summed E-state index contributed by atoms with van der Waals surface area (Å²) in [5.41, 5.74) is -1.21. The summed E-state index contributed by atoms with van der Waals surface area (Å²) in [6.07, 6.45) is 0.484. The Morgan fingerprint density at radius 2 is 2.11 bits per heavy atom. The Hall–Kier alpha value is -3.42. The quantitative estimate of drug-likeness (QED) is 0.608. The molecule has 144 valence electrons. The number of piperazine rings is 1. The van der Waals surface area contributed by atoms with Crippen LogP contribution < -0.4 is 4.90 Å². The van der Waals surface area contributed by atoms with Crippen molar-refractivity contribution in [2.24, 2.45) is 0 Å². The predicted molar refractivity (Wildman–Crippen MR) is 92.2 cm³/mol. The minimum absolute atomic E-state index is 0.00952. The number of aromatic nitrogens is 1. The molecule has 1 amide bonds. The largest absolute Gasteiger partial charge is 0.480 e. The maximum Gasteiger partial charge on any atom is 0.410 e.